The van der Waals surface area contributed by atoms with E-state index in [1.165, 1.54) is 32.1 Å². The van der Waals surface area contributed by atoms with Gasteiger partial charge in [0.1, 0.15) is 5.78 Å². The van der Waals surface area contributed by atoms with Crippen LogP contribution in [0.25, 0.3) is 0 Å². The Labute approximate surface area is 122 Å². The van der Waals surface area contributed by atoms with Crippen molar-refractivity contribution in [1.29, 1.82) is 0 Å². The average Bonchev–Trinajstić information content (AvgIpc) is 2.71. The molecule has 0 heterocycles. The van der Waals surface area contributed by atoms with Gasteiger partial charge in [-0.05, 0) is 81.0 Å². The summed E-state index contributed by atoms with van der Waals surface area (Å²) in [6.45, 7) is 2.26. The molecule has 1 N–H and O–H groups in total. The average molecular weight is 276 g/mol. The van der Waals surface area contributed by atoms with Gasteiger partial charge in [-0.1, -0.05) is 6.92 Å². The molecule has 4 aliphatic rings. The van der Waals surface area contributed by atoms with E-state index in [0.29, 0.717) is 11.7 Å². The van der Waals surface area contributed by atoms with Gasteiger partial charge in [-0.15, -0.1) is 0 Å². The zero-order valence-corrected chi connectivity index (χ0v) is 12.7. The molecule has 2 nitrogen and oxygen atoms in total. The van der Waals surface area contributed by atoms with Gasteiger partial charge in [0.05, 0.1) is 6.10 Å². The van der Waals surface area contributed by atoms with Crippen LogP contribution in [0.2, 0.25) is 0 Å². The molecule has 0 aromatic rings. The molecule has 2 heteroatoms. The van der Waals surface area contributed by atoms with Gasteiger partial charge < -0.3 is 5.11 Å². The Morgan fingerprint density at radius 3 is 2.65 bits per heavy atom. The van der Waals surface area contributed by atoms with Crippen LogP contribution >= 0.6 is 0 Å². The summed E-state index contributed by atoms with van der Waals surface area (Å²) in [5, 5.41) is 9.93. The Bertz CT molecular complexity index is 418. The molecule has 7 atom stereocenters. The van der Waals surface area contributed by atoms with E-state index in [4.69, 9.17) is 0 Å². The van der Waals surface area contributed by atoms with Crippen molar-refractivity contribution in [2.75, 3.05) is 0 Å². The molecule has 0 amide bonds. The second kappa shape index (κ2) is 4.56. The van der Waals surface area contributed by atoms with Gasteiger partial charge in [0.2, 0.25) is 0 Å². The summed E-state index contributed by atoms with van der Waals surface area (Å²) < 4.78 is 0. The summed E-state index contributed by atoms with van der Waals surface area (Å²) in [6.07, 6.45) is 10.4. The maximum absolute atomic E-state index is 12.3. The minimum Gasteiger partial charge on any atom is -0.393 e. The largest absolute Gasteiger partial charge is 0.393 e. The number of aliphatic hydroxyl groups excluding tert-OH is 1. The third-order valence-corrected chi connectivity index (χ3v) is 7.58. The lowest BCUT2D eigenvalue weighted by molar-refractivity contribution is -0.132. The van der Waals surface area contributed by atoms with E-state index in [9.17, 15) is 9.90 Å². The van der Waals surface area contributed by atoms with Crippen LogP contribution in [0.15, 0.2) is 0 Å². The first kappa shape index (κ1) is 13.3. The zero-order valence-electron chi connectivity index (χ0n) is 12.7. The van der Waals surface area contributed by atoms with Gasteiger partial charge in [0.25, 0.3) is 0 Å². The molecular weight excluding hydrogens is 248 g/mol. The van der Waals surface area contributed by atoms with E-state index < -0.39 is 0 Å². The van der Waals surface area contributed by atoms with E-state index in [2.05, 4.69) is 6.92 Å². The Hall–Kier alpha value is -0.370. The fourth-order valence-electron chi connectivity index (χ4n) is 6.44. The number of hydrogen-bond donors (Lipinski definition) is 1. The Morgan fingerprint density at radius 2 is 1.80 bits per heavy atom. The first-order valence-electron chi connectivity index (χ1n) is 8.79. The number of carbonyl (C=O) groups excluding carboxylic acids is 1. The minimum atomic E-state index is -0.0327. The Kier molecular flexibility index (Phi) is 3.03. The first-order valence-corrected chi connectivity index (χ1v) is 8.79. The van der Waals surface area contributed by atoms with Crippen LogP contribution in [-0.2, 0) is 4.79 Å². The predicted octanol–water partition coefficient (Wildman–Crippen LogP) is 3.57. The summed E-state index contributed by atoms with van der Waals surface area (Å²) in [5.41, 5.74) is 0.0299. The molecular formula is C18H28O2. The van der Waals surface area contributed by atoms with Crippen molar-refractivity contribution in [3.05, 3.63) is 0 Å². The standard InChI is InChI=1S/C18H28O2/c1-18-10-12-3-2-11-8-14(19)5-6-15(11)16(12)9-13(18)4-7-17(18)20/h11-16,19H,2-10H2,1H3/t11-,12+,13-,14-,15+,16+,18-/m0/s1. The SMILES string of the molecule is C[C@]12C[C@H]3CC[C@H]4C[C@@H](O)CC[C@H]4[C@@H]3C[C@@H]1CCC2=O. The molecule has 4 fully saturated rings. The van der Waals surface area contributed by atoms with E-state index in [-0.39, 0.29) is 11.5 Å². The fourth-order valence-corrected chi connectivity index (χ4v) is 6.44. The molecule has 4 saturated carbocycles. The smallest absolute Gasteiger partial charge is 0.139 e. The molecule has 0 aromatic heterocycles. The fraction of sp³-hybridized carbons (Fsp3) is 0.944. The maximum Gasteiger partial charge on any atom is 0.139 e. The molecule has 112 valence electrons. The highest BCUT2D eigenvalue weighted by Crippen LogP contribution is 2.60. The summed E-state index contributed by atoms with van der Waals surface area (Å²) >= 11 is 0. The quantitative estimate of drug-likeness (QED) is 0.734. The number of fused-ring (bicyclic) bond motifs is 4. The molecule has 0 aliphatic heterocycles. The van der Waals surface area contributed by atoms with Gasteiger partial charge in [-0.25, -0.2) is 0 Å². The molecule has 0 bridgehead atoms. The third kappa shape index (κ3) is 1.83. The zero-order chi connectivity index (χ0) is 13.9. The number of rotatable bonds is 0. The van der Waals surface area contributed by atoms with Crippen molar-refractivity contribution in [2.45, 2.75) is 70.8 Å². The molecule has 0 radical (unpaired) electrons. The molecule has 0 spiro atoms. The Balaban J connectivity index is 1.56. The number of ketones is 1. The number of Topliss-reactive ketones (excluding diaryl/α,β-unsaturated/α-hetero) is 1. The summed E-state index contributed by atoms with van der Waals surface area (Å²) in [4.78, 5) is 12.3. The van der Waals surface area contributed by atoms with Crippen molar-refractivity contribution in [2.24, 2.45) is 35.0 Å². The van der Waals surface area contributed by atoms with Gasteiger partial charge in [0.15, 0.2) is 0 Å². The van der Waals surface area contributed by atoms with E-state index in [1.54, 1.807) is 0 Å². The predicted molar refractivity (Wildman–Crippen MR) is 78.1 cm³/mol. The van der Waals surface area contributed by atoms with Crippen LogP contribution in [0.3, 0.4) is 0 Å². The van der Waals surface area contributed by atoms with E-state index in [0.717, 1.165) is 49.4 Å². The third-order valence-electron chi connectivity index (χ3n) is 7.58. The van der Waals surface area contributed by atoms with Crippen molar-refractivity contribution in [1.82, 2.24) is 0 Å². The highest BCUT2D eigenvalue weighted by Gasteiger charge is 2.55. The lowest BCUT2D eigenvalue weighted by Gasteiger charge is -2.53. The van der Waals surface area contributed by atoms with Crippen molar-refractivity contribution >= 4 is 5.78 Å². The molecule has 0 unspecified atom stereocenters. The van der Waals surface area contributed by atoms with Crippen LogP contribution in [-0.4, -0.2) is 17.0 Å². The van der Waals surface area contributed by atoms with Crippen molar-refractivity contribution in [3.8, 4) is 0 Å². The normalized spacial score (nSPS) is 55.0. The van der Waals surface area contributed by atoms with Gasteiger partial charge in [-0.2, -0.15) is 0 Å². The molecule has 4 aliphatic carbocycles. The monoisotopic (exact) mass is 276 g/mol. The van der Waals surface area contributed by atoms with E-state index in [1.807, 2.05) is 0 Å². The van der Waals surface area contributed by atoms with Gasteiger partial charge >= 0.3 is 0 Å². The van der Waals surface area contributed by atoms with E-state index >= 15 is 0 Å². The van der Waals surface area contributed by atoms with Crippen LogP contribution in [0, 0.1) is 35.0 Å². The van der Waals surface area contributed by atoms with Crippen molar-refractivity contribution in [3.63, 3.8) is 0 Å². The lowest BCUT2D eigenvalue weighted by Crippen LogP contribution is -2.47. The number of aliphatic hydroxyl groups is 1. The van der Waals surface area contributed by atoms with Crippen LogP contribution in [0.5, 0.6) is 0 Å². The highest BCUT2D eigenvalue weighted by atomic mass is 16.3. The second-order valence-electron chi connectivity index (χ2n) is 8.41. The summed E-state index contributed by atoms with van der Waals surface area (Å²) in [7, 11) is 0. The Morgan fingerprint density at radius 1 is 1.00 bits per heavy atom. The molecule has 20 heavy (non-hydrogen) atoms. The van der Waals surface area contributed by atoms with Gasteiger partial charge in [-0.3, -0.25) is 4.79 Å². The number of carbonyl (C=O) groups is 1. The molecule has 0 saturated heterocycles. The van der Waals surface area contributed by atoms with Crippen molar-refractivity contribution < 1.29 is 9.90 Å². The minimum absolute atomic E-state index is 0.0299. The maximum atomic E-state index is 12.3. The summed E-state index contributed by atoms with van der Waals surface area (Å²) in [5.74, 6) is 4.53. The first-order chi connectivity index (χ1) is 9.58. The summed E-state index contributed by atoms with van der Waals surface area (Å²) in [6, 6.07) is 0. The topological polar surface area (TPSA) is 37.3 Å². The van der Waals surface area contributed by atoms with Crippen LogP contribution in [0.4, 0.5) is 0 Å². The van der Waals surface area contributed by atoms with Crippen LogP contribution in [0.1, 0.15) is 64.7 Å². The number of hydrogen-bond acceptors (Lipinski definition) is 2. The second-order valence-corrected chi connectivity index (χ2v) is 8.41. The van der Waals surface area contributed by atoms with Gasteiger partial charge in [0, 0.05) is 11.8 Å². The van der Waals surface area contributed by atoms with Crippen LogP contribution < -0.4 is 0 Å². The molecule has 0 aromatic carbocycles. The molecule has 4 rings (SSSR count). The lowest BCUT2D eigenvalue weighted by atomic mass is 9.51. The highest BCUT2D eigenvalue weighted by molar-refractivity contribution is 5.87.